The third kappa shape index (κ3) is 5.16. The number of carbonyl (C=O) groups excluding carboxylic acids is 1. The standard InChI is InChI=1S/C23H25N3O5S.ClH/c1-28-16-6-7-21-17(14-16)24-23(32-21)26(9-8-25-10-12-29-13-11-25)22(27)20-15-30-18-4-2-3-5-19(18)31-20;/h2-7,14,20H,8-13,15H2,1H3;1H. The van der Waals surface area contributed by atoms with Gasteiger partial charge in [0.25, 0.3) is 5.91 Å². The first kappa shape index (κ1) is 23.6. The number of methoxy groups -OCH3 is 1. The van der Waals surface area contributed by atoms with E-state index in [0.717, 1.165) is 35.6 Å². The first-order chi connectivity index (χ1) is 15.7. The Morgan fingerprint density at radius 3 is 2.79 bits per heavy atom. The van der Waals surface area contributed by atoms with E-state index in [-0.39, 0.29) is 24.9 Å². The molecule has 3 heterocycles. The molecule has 8 nitrogen and oxygen atoms in total. The van der Waals surface area contributed by atoms with Gasteiger partial charge in [0.2, 0.25) is 6.10 Å². The molecule has 1 amide bonds. The van der Waals surface area contributed by atoms with E-state index in [1.165, 1.54) is 11.3 Å². The monoisotopic (exact) mass is 491 g/mol. The minimum absolute atomic E-state index is 0. The molecule has 2 aliphatic heterocycles. The molecule has 0 spiro atoms. The number of anilines is 1. The summed E-state index contributed by atoms with van der Waals surface area (Å²) in [6.07, 6.45) is -0.726. The molecule has 10 heteroatoms. The predicted octanol–water partition coefficient (Wildman–Crippen LogP) is 3.23. The van der Waals surface area contributed by atoms with Crippen molar-refractivity contribution in [2.45, 2.75) is 6.10 Å². The average Bonchev–Trinajstić information content (AvgIpc) is 3.27. The molecule has 3 aromatic rings. The van der Waals surface area contributed by atoms with Gasteiger partial charge in [-0.3, -0.25) is 14.6 Å². The Bertz CT molecular complexity index is 1100. The molecule has 176 valence electrons. The second kappa shape index (κ2) is 10.6. The summed E-state index contributed by atoms with van der Waals surface area (Å²) in [6.45, 7) is 4.56. The molecule has 1 aromatic heterocycles. The van der Waals surface area contributed by atoms with Crippen LogP contribution in [-0.2, 0) is 9.53 Å². The SMILES string of the molecule is COc1ccc2sc(N(CCN3CCOCC3)C(=O)C3COc4ccccc4O3)nc2c1.Cl. The Morgan fingerprint density at radius 1 is 1.21 bits per heavy atom. The maximum Gasteiger partial charge on any atom is 0.273 e. The van der Waals surface area contributed by atoms with E-state index < -0.39 is 6.10 Å². The number of benzene rings is 2. The summed E-state index contributed by atoms with van der Waals surface area (Å²) in [5, 5.41) is 0.647. The van der Waals surface area contributed by atoms with E-state index >= 15 is 0 Å². The van der Waals surface area contributed by atoms with Crippen molar-refractivity contribution in [2.24, 2.45) is 0 Å². The molecule has 0 bridgehead atoms. The zero-order chi connectivity index (χ0) is 21.9. The molecule has 2 aliphatic rings. The van der Waals surface area contributed by atoms with Gasteiger partial charge in [-0.15, -0.1) is 12.4 Å². The minimum Gasteiger partial charge on any atom is -0.497 e. The van der Waals surface area contributed by atoms with Crippen molar-refractivity contribution < 1.29 is 23.7 Å². The van der Waals surface area contributed by atoms with Crippen molar-refractivity contribution in [3.63, 3.8) is 0 Å². The maximum atomic E-state index is 13.6. The molecule has 0 radical (unpaired) electrons. The summed E-state index contributed by atoms with van der Waals surface area (Å²) < 4.78 is 23.6. The van der Waals surface area contributed by atoms with Crippen LogP contribution < -0.4 is 19.1 Å². The first-order valence-corrected chi connectivity index (χ1v) is 11.5. The van der Waals surface area contributed by atoms with Crippen LogP contribution in [0, 0.1) is 0 Å². The first-order valence-electron chi connectivity index (χ1n) is 10.7. The number of aromatic nitrogens is 1. The van der Waals surface area contributed by atoms with Crippen LogP contribution in [0.1, 0.15) is 0 Å². The van der Waals surface area contributed by atoms with Crippen LogP contribution in [0.3, 0.4) is 0 Å². The molecular formula is C23H26ClN3O5S. The minimum atomic E-state index is -0.726. The van der Waals surface area contributed by atoms with Crippen molar-refractivity contribution in [1.29, 1.82) is 0 Å². The number of fused-ring (bicyclic) bond motifs is 2. The molecule has 0 saturated carbocycles. The highest BCUT2D eigenvalue weighted by Gasteiger charge is 2.33. The van der Waals surface area contributed by atoms with Crippen molar-refractivity contribution in [3.8, 4) is 17.2 Å². The summed E-state index contributed by atoms with van der Waals surface area (Å²) in [4.78, 5) is 22.4. The Kier molecular flexibility index (Phi) is 7.54. The second-order valence-corrected chi connectivity index (χ2v) is 8.65. The lowest BCUT2D eigenvalue weighted by Crippen LogP contribution is -2.49. The normalized spacial score (nSPS) is 17.9. The molecule has 2 aromatic carbocycles. The zero-order valence-electron chi connectivity index (χ0n) is 18.3. The summed E-state index contributed by atoms with van der Waals surface area (Å²) in [5.74, 6) is 1.82. The summed E-state index contributed by atoms with van der Waals surface area (Å²) in [5.41, 5.74) is 0.805. The van der Waals surface area contributed by atoms with Crippen LogP contribution in [-0.4, -0.2) is 75.0 Å². The predicted molar refractivity (Wildman–Crippen MR) is 129 cm³/mol. The van der Waals surface area contributed by atoms with Gasteiger partial charge < -0.3 is 18.9 Å². The van der Waals surface area contributed by atoms with Crippen LogP contribution in [0.15, 0.2) is 42.5 Å². The molecular weight excluding hydrogens is 466 g/mol. The third-order valence-corrected chi connectivity index (χ3v) is 6.67. The number of hydrogen-bond donors (Lipinski definition) is 0. The van der Waals surface area contributed by atoms with E-state index in [9.17, 15) is 4.79 Å². The average molecular weight is 492 g/mol. The van der Waals surface area contributed by atoms with Crippen LogP contribution in [0.2, 0.25) is 0 Å². The van der Waals surface area contributed by atoms with Gasteiger partial charge in [0.05, 0.1) is 30.5 Å². The quantitative estimate of drug-likeness (QED) is 0.524. The highest BCUT2D eigenvalue weighted by molar-refractivity contribution is 7.22. The van der Waals surface area contributed by atoms with E-state index in [1.54, 1.807) is 12.0 Å². The van der Waals surface area contributed by atoms with E-state index in [2.05, 4.69) is 4.90 Å². The number of amides is 1. The molecule has 1 atom stereocenters. The molecule has 0 aliphatic carbocycles. The van der Waals surface area contributed by atoms with E-state index in [0.29, 0.717) is 36.4 Å². The van der Waals surface area contributed by atoms with Crippen LogP contribution in [0.25, 0.3) is 10.2 Å². The highest BCUT2D eigenvalue weighted by atomic mass is 35.5. The maximum absolute atomic E-state index is 13.6. The van der Waals surface area contributed by atoms with Gasteiger partial charge in [-0.05, 0) is 24.3 Å². The summed E-state index contributed by atoms with van der Waals surface area (Å²) >= 11 is 1.49. The second-order valence-electron chi connectivity index (χ2n) is 7.64. The lowest BCUT2D eigenvalue weighted by Gasteiger charge is -2.32. The number of nitrogens with zero attached hydrogens (tertiary/aromatic N) is 3. The zero-order valence-corrected chi connectivity index (χ0v) is 19.9. The fourth-order valence-electron chi connectivity index (χ4n) is 3.82. The summed E-state index contributed by atoms with van der Waals surface area (Å²) in [7, 11) is 1.63. The molecule has 33 heavy (non-hydrogen) atoms. The lowest BCUT2D eigenvalue weighted by molar-refractivity contribution is -0.127. The Morgan fingerprint density at radius 2 is 2.00 bits per heavy atom. The van der Waals surface area contributed by atoms with Gasteiger partial charge in [-0.1, -0.05) is 23.5 Å². The number of ether oxygens (including phenoxy) is 4. The fourth-order valence-corrected chi connectivity index (χ4v) is 4.80. The number of morpholine rings is 1. The Hall–Kier alpha value is -2.59. The number of halogens is 1. The number of para-hydroxylation sites is 2. The smallest absolute Gasteiger partial charge is 0.273 e. The molecule has 1 fully saturated rings. The highest BCUT2D eigenvalue weighted by Crippen LogP contribution is 2.34. The molecule has 0 N–H and O–H groups in total. The molecule has 1 saturated heterocycles. The van der Waals surface area contributed by atoms with Gasteiger partial charge in [0.15, 0.2) is 16.6 Å². The van der Waals surface area contributed by atoms with Gasteiger partial charge >= 0.3 is 0 Å². The van der Waals surface area contributed by atoms with Gasteiger partial charge in [0, 0.05) is 32.2 Å². The van der Waals surface area contributed by atoms with Gasteiger partial charge in [-0.2, -0.15) is 0 Å². The Labute approximate surface area is 202 Å². The van der Waals surface area contributed by atoms with Crippen molar-refractivity contribution in [2.75, 3.05) is 58.0 Å². The van der Waals surface area contributed by atoms with Crippen molar-refractivity contribution >= 4 is 45.0 Å². The lowest BCUT2D eigenvalue weighted by atomic mass is 10.2. The van der Waals surface area contributed by atoms with Crippen LogP contribution in [0.5, 0.6) is 17.2 Å². The van der Waals surface area contributed by atoms with Gasteiger partial charge in [-0.25, -0.2) is 4.98 Å². The summed E-state index contributed by atoms with van der Waals surface area (Å²) in [6, 6.07) is 13.2. The topological polar surface area (TPSA) is 73.4 Å². The fraction of sp³-hybridized carbons (Fsp3) is 0.391. The number of thiazole rings is 1. The van der Waals surface area contributed by atoms with E-state index in [1.807, 2.05) is 42.5 Å². The molecule has 1 unspecified atom stereocenters. The van der Waals surface area contributed by atoms with Gasteiger partial charge in [0.1, 0.15) is 12.4 Å². The third-order valence-electron chi connectivity index (χ3n) is 5.61. The number of rotatable bonds is 6. The number of hydrogen-bond acceptors (Lipinski definition) is 8. The Balaban J connectivity index is 0.00000259. The van der Waals surface area contributed by atoms with Crippen molar-refractivity contribution in [3.05, 3.63) is 42.5 Å². The molecule has 5 rings (SSSR count). The van der Waals surface area contributed by atoms with E-state index in [4.69, 9.17) is 23.9 Å². The number of carbonyl (C=O) groups is 1. The van der Waals surface area contributed by atoms with Crippen molar-refractivity contribution in [1.82, 2.24) is 9.88 Å². The largest absolute Gasteiger partial charge is 0.497 e. The van der Waals surface area contributed by atoms with Crippen LogP contribution >= 0.6 is 23.7 Å². The van der Waals surface area contributed by atoms with Crippen LogP contribution in [0.4, 0.5) is 5.13 Å².